The normalized spacial score (nSPS) is 12.6. The van der Waals surface area contributed by atoms with Crippen LogP contribution in [0.2, 0.25) is 0 Å². The molecule has 0 heterocycles. The second-order valence-electron chi connectivity index (χ2n) is 6.00. The molecule has 27 heavy (non-hydrogen) atoms. The number of sulfonamides is 1. The van der Waals surface area contributed by atoms with Gasteiger partial charge in [0.05, 0.1) is 29.8 Å². The Morgan fingerprint density at radius 3 is 2.30 bits per heavy atom. The lowest BCUT2D eigenvalue weighted by molar-refractivity contribution is -0.136. The molecule has 2 aromatic rings. The van der Waals surface area contributed by atoms with Crippen LogP contribution in [0.3, 0.4) is 0 Å². The van der Waals surface area contributed by atoms with E-state index in [4.69, 9.17) is 5.11 Å². The number of carboxylic acid groups (broad SMARTS) is 1. The Morgan fingerprint density at radius 1 is 1.15 bits per heavy atom. The minimum atomic E-state index is -4.01. The fourth-order valence-corrected chi connectivity index (χ4v) is 3.89. The number of aliphatic hydroxyl groups is 1. The first-order chi connectivity index (χ1) is 12.7. The molecule has 1 atom stereocenters. The van der Waals surface area contributed by atoms with Gasteiger partial charge in [0.15, 0.2) is 0 Å². The standard InChI is InChI=1S/C18H21FN2O5S/c1-13-2-8-17(9-3-13)27(25,26)21(15-6-4-14(19)5-7-15)12-16(22)10-20-11-18(23)24/h2-9,16,20,22H,10-12H2,1H3,(H,23,24). The molecule has 1 unspecified atom stereocenters. The number of carbonyl (C=O) groups is 1. The number of hydrogen-bond donors (Lipinski definition) is 3. The smallest absolute Gasteiger partial charge is 0.317 e. The molecule has 0 radical (unpaired) electrons. The molecule has 7 nitrogen and oxygen atoms in total. The van der Waals surface area contributed by atoms with Crippen LogP contribution < -0.4 is 9.62 Å². The molecule has 2 aromatic carbocycles. The van der Waals surface area contributed by atoms with Gasteiger partial charge in [-0.15, -0.1) is 0 Å². The van der Waals surface area contributed by atoms with Crippen molar-refractivity contribution in [2.45, 2.75) is 17.9 Å². The number of aliphatic carboxylic acids is 1. The van der Waals surface area contributed by atoms with E-state index in [0.717, 1.165) is 22.0 Å². The monoisotopic (exact) mass is 396 g/mol. The summed E-state index contributed by atoms with van der Waals surface area (Å²) in [6, 6.07) is 11.1. The molecule has 2 rings (SSSR count). The summed E-state index contributed by atoms with van der Waals surface area (Å²) in [6.45, 7) is 1.02. The molecule has 146 valence electrons. The van der Waals surface area contributed by atoms with E-state index in [1.807, 2.05) is 6.92 Å². The molecular weight excluding hydrogens is 375 g/mol. The molecule has 0 aliphatic rings. The summed E-state index contributed by atoms with van der Waals surface area (Å²) in [5.41, 5.74) is 1.08. The molecule has 0 spiro atoms. The number of nitrogens with one attached hydrogen (secondary N) is 1. The zero-order valence-electron chi connectivity index (χ0n) is 14.7. The highest BCUT2D eigenvalue weighted by Crippen LogP contribution is 2.24. The molecule has 3 N–H and O–H groups in total. The van der Waals surface area contributed by atoms with Crippen LogP contribution >= 0.6 is 0 Å². The number of rotatable bonds is 9. The third-order valence-corrected chi connectivity index (χ3v) is 5.56. The summed E-state index contributed by atoms with van der Waals surface area (Å²) in [5, 5.41) is 21.3. The Labute approximate surface area is 157 Å². The lowest BCUT2D eigenvalue weighted by Gasteiger charge is -2.27. The largest absolute Gasteiger partial charge is 0.480 e. The number of aliphatic hydroxyl groups excluding tert-OH is 1. The van der Waals surface area contributed by atoms with Crippen LogP contribution in [0, 0.1) is 12.7 Å². The first-order valence-electron chi connectivity index (χ1n) is 8.15. The average molecular weight is 396 g/mol. The van der Waals surface area contributed by atoms with Gasteiger partial charge in [-0.1, -0.05) is 17.7 Å². The second-order valence-corrected chi connectivity index (χ2v) is 7.87. The minimum Gasteiger partial charge on any atom is -0.480 e. The van der Waals surface area contributed by atoms with E-state index in [1.165, 1.54) is 24.3 Å². The Morgan fingerprint density at radius 2 is 1.74 bits per heavy atom. The van der Waals surface area contributed by atoms with Crippen LogP contribution in [0.5, 0.6) is 0 Å². The zero-order valence-corrected chi connectivity index (χ0v) is 15.5. The molecule has 0 amide bonds. The highest BCUT2D eigenvalue weighted by Gasteiger charge is 2.27. The summed E-state index contributed by atoms with van der Waals surface area (Å²) in [7, 11) is -4.01. The van der Waals surface area contributed by atoms with Gasteiger partial charge in [-0.25, -0.2) is 12.8 Å². The van der Waals surface area contributed by atoms with Crippen LogP contribution in [-0.4, -0.2) is 50.3 Å². The third kappa shape index (κ3) is 5.75. The second kappa shape index (κ2) is 8.94. The van der Waals surface area contributed by atoms with E-state index in [2.05, 4.69) is 5.32 Å². The fourth-order valence-electron chi connectivity index (χ4n) is 2.39. The number of benzene rings is 2. The number of carboxylic acids is 1. The number of halogens is 1. The van der Waals surface area contributed by atoms with E-state index in [9.17, 15) is 22.7 Å². The number of hydrogen-bond acceptors (Lipinski definition) is 5. The fraction of sp³-hybridized carbons (Fsp3) is 0.278. The van der Waals surface area contributed by atoms with Crippen molar-refractivity contribution in [3.63, 3.8) is 0 Å². The van der Waals surface area contributed by atoms with Crippen molar-refractivity contribution in [1.29, 1.82) is 0 Å². The molecule has 0 saturated carbocycles. The zero-order chi connectivity index (χ0) is 20.0. The maximum atomic E-state index is 13.2. The lowest BCUT2D eigenvalue weighted by atomic mass is 10.2. The maximum Gasteiger partial charge on any atom is 0.317 e. The maximum absolute atomic E-state index is 13.2. The summed E-state index contributed by atoms with van der Waals surface area (Å²) >= 11 is 0. The van der Waals surface area contributed by atoms with Crippen molar-refractivity contribution in [1.82, 2.24) is 5.32 Å². The molecule has 0 aromatic heterocycles. The van der Waals surface area contributed by atoms with Gasteiger partial charge in [0.25, 0.3) is 10.0 Å². The Balaban J connectivity index is 2.30. The van der Waals surface area contributed by atoms with Gasteiger partial charge in [-0.2, -0.15) is 0 Å². The van der Waals surface area contributed by atoms with Gasteiger partial charge < -0.3 is 15.5 Å². The molecular formula is C18H21FN2O5S. The molecule has 0 bridgehead atoms. The van der Waals surface area contributed by atoms with Gasteiger partial charge in [0, 0.05) is 6.54 Å². The first kappa shape index (κ1) is 20.8. The molecule has 0 aliphatic heterocycles. The van der Waals surface area contributed by atoms with E-state index < -0.39 is 27.9 Å². The SMILES string of the molecule is Cc1ccc(S(=O)(=O)N(CC(O)CNCC(=O)O)c2ccc(F)cc2)cc1. The summed E-state index contributed by atoms with van der Waals surface area (Å²) in [6.07, 6.45) is -1.17. The minimum absolute atomic E-state index is 0.0307. The molecule has 9 heteroatoms. The first-order valence-corrected chi connectivity index (χ1v) is 9.59. The van der Waals surface area contributed by atoms with Crippen LogP contribution in [-0.2, 0) is 14.8 Å². The topological polar surface area (TPSA) is 107 Å². The summed E-state index contributed by atoms with van der Waals surface area (Å²) in [4.78, 5) is 10.6. The number of aryl methyl sites for hydroxylation is 1. The van der Waals surface area contributed by atoms with E-state index >= 15 is 0 Å². The van der Waals surface area contributed by atoms with E-state index in [1.54, 1.807) is 12.1 Å². The van der Waals surface area contributed by atoms with Gasteiger partial charge in [0.1, 0.15) is 5.82 Å². The number of nitrogens with zero attached hydrogens (tertiary/aromatic N) is 1. The molecule has 0 aliphatic carbocycles. The summed E-state index contributed by atoms with van der Waals surface area (Å²) in [5.74, 6) is -1.61. The highest BCUT2D eigenvalue weighted by molar-refractivity contribution is 7.92. The van der Waals surface area contributed by atoms with Gasteiger partial charge >= 0.3 is 5.97 Å². The van der Waals surface area contributed by atoms with Crippen LogP contribution in [0.15, 0.2) is 53.4 Å². The summed E-state index contributed by atoms with van der Waals surface area (Å²) < 4.78 is 40.3. The quantitative estimate of drug-likeness (QED) is 0.591. The number of anilines is 1. The van der Waals surface area contributed by atoms with Gasteiger partial charge in [-0.3, -0.25) is 9.10 Å². The van der Waals surface area contributed by atoms with Crippen molar-refractivity contribution >= 4 is 21.7 Å². The third-order valence-electron chi connectivity index (χ3n) is 3.76. The lowest BCUT2D eigenvalue weighted by Crippen LogP contribution is -2.42. The van der Waals surface area contributed by atoms with Gasteiger partial charge in [-0.05, 0) is 43.3 Å². The van der Waals surface area contributed by atoms with Crippen LogP contribution in [0.4, 0.5) is 10.1 Å². The van der Waals surface area contributed by atoms with Crippen molar-refractivity contribution in [2.24, 2.45) is 0 Å². The van der Waals surface area contributed by atoms with Crippen LogP contribution in [0.25, 0.3) is 0 Å². The van der Waals surface area contributed by atoms with Crippen molar-refractivity contribution in [3.05, 3.63) is 59.9 Å². The van der Waals surface area contributed by atoms with Crippen molar-refractivity contribution < 1.29 is 27.8 Å². The predicted molar refractivity (Wildman–Crippen MR) is 98.6 cm³/mol. The molecule has 0 saturated heterocycles. The average Bonchev–Trinajstić information content (AvgIpc) is 2.60. The van der Waals surface area contributed by atoms with E-state index in [-0.39, 0.29) is 30.2 Å². The van der Waals surface area contributed by atoms with Crippen LogP contribution in [0.1, 0.15) is 5.56 Å². The predicted octanol–water partition coefficient (Wildman–Crippen LogP) is 1.36. The van der Waals surface area contributed by atoms with E-state index in [0.29, 0.717) is 0 Å². The molecule has 0 fully saturated rings. The van der Waals surface area contributed by atoms with Crippen molar-refractivity contribution in [3.8, 4) is 0 Å². The van der Waals surface area contributed by atoms with Gasteiger partial charge in [0.2, 0.25) is 0 Å². The Bertz CT molecular complexity index is 870. The van der Waals surface area contributed by atoms with Crippen molar-refractivity contribution in [2.75, 3.05) is 23.9 Å². The Kier molecular flexibility index (Phi) is 6.89. The highest BCUT2D eigenvalue weighted by atomic mass is 32.2. The Hall–Kier alpha value is -2.49.